The molecule has 1 aliphatic carbocycles. The zero-order valence-electron chi connectivity index (χ0n) is 18.7. The predicted molar refractivity (Wildman–Crippen MR) is 115 cm³/mol. The number of aromatic amines is 1. The molecule has 190 valence electrons. The van der Waals surface area contributed by atoms with Gasteiger partial charge in [0.25, 0.3) is 11.5 Å². The SMILES string of the molecule is COCC(NC(=O)c1cc(=O)[nH]c(-c2ncc(C3CC3)cc2F)n1)c1ccc(OC(F)(F)F)c(F)c1. The molecule has 36 heavy (non-hydrogen) atoms. The molecule has 1 amide bonds. The van der Waals surface area contributed by atoms with E-state index in [0.717, 1.165) is 42.7 Å². The van der Waals surface area contributed by atoms with Crippen LogP contribution in [0.3, 0.4) is 0 Å². The van der Waals surface area contributed by atoms with Gasteiger partial charge in [-0.2, -0.15) is 0 Å². The highest BCUT2D eigenvalue weighted by Crippen LogP contribution is 2.40. The first-order valence-electron chi connectivity index (χ1n) is 10.7. The van der Waals surface area contributed by atoms with E-state index in [-0.39, 0.29) is 35.3 Å². The zero-order valence-corrected chi connectivity index (χ0v) is 18.7. The van der Waals surface area contributed by atoms with Crippen LogP contribution >= 0.6 is 0 Å². The molecule has 1 saturated carbocycles. The maximum Gasteiger partial charge on any atom is 0.573 e. The molecular weight excluding hydrogens is 491 g/mol. The van der Waals surface area contributed by atoms with E-state index in [0.29, 0.717) is 0 Å². The Bertz CT molecular complexity index is 1340. The van der Waals surface area contributed by atoms with Crippen LogP contribution in [0.2, 0.25) is 0 Å². The van der Waals surface area contributed by atoms with Gasteiger partial charge in [-0.05, 0) is 48.1 Å². The number of rotatable bonds is 8. The number of H-pyrrole nitrogens is 1. The Morgan fingerprint density at radius 1 is 1.19 bits per heavy atom. The van der Waals surface area contributed by atoms with E-state index < -0.39 is 41.3 Å². The van der Waals surface area contributed by atoms with Crippen molar-refractivity contribution < 1.29 is 36.2 Å². The Labute approximate surface area is 200 Å². The van der Waals surface area contributed by atoms with E-state index in [9.17, 15) is 31.5 Å². The summed E-state index contributed by atoms with van der Waals surface area (Å²) < 4.78 is 74.6. The van der Waals surface area contributed by atoms with Crippen molar-refractivity contribution in [1.29, 1.82) is 0 Å². The molecule has 2 aromatic heterocycles. The molecule has 2 N–H and O–H groups in total. The van der Waals surface area contributed by atoms with E-state index in [2.05, 4.69) is 25.0 Å². The first kappa shape index (κ1) is 25.2. The van der Waals surface area contributed by atoms with E-state index in [4.69, 9.17) is 4.74 Å². The van der Waals surface area contributed by atoms with Crippen molar-refractivity contribution >= 4 is 5.91 Å². The quantitative estimate of drug-likeness (QED) is 0.444. The first-order chi connectivity index (χ1) is 17.0. The second-order valence-electron chi connectivity index (χ2n) is 8.07. The number of alkyl halides is 3. The number of hydrogen-bond acceptors (Lipinski definition) is 6. The lowest BCUT2D eigenvalue weighted by atomic mass is 10.1. The molecule has 1 atom stereocenters. The van der Waals surface area contributed by atoms with Gasteiger partial charge in [-0.15, -0.1) is 13.2 Å². The largest absolute Gasteiger partial charge is 0.573 e. The fraction of sp³-hybridized carbons (Fsp3) is 0.304. The third kappa shape index (κ3) is 6.03. The second-order valence-corrected chi connectivity index (χ2v) is 8.07. The van der Waals surface area contributed by atoms with Gasteiger partial charge in [0, 0.05) is 19.4 Å². The van der Waals surface area contributed by atoms with Crippen LogP contribution in [0.15, 0.2) is 41.3 Å². The minimum Gasteiger partial charge on any atom is -0.403 e. The third-order valence-corrected chi connectivity index (χ3v) is 5.33. The molecular formula is C23H19F5N4O4. The smallest absolute Gasteiger partial charge is 0.403 e. The van der Waals surface area contributed by atoms with E-state index in [1.807, 2.05) is 0 Å². The Morgan fingerprint density at radius 2 is 1.94 bits per heavy atom. The minimum absolute atomic E-state index is 0.0608. The van der Waals surface area contributed by atoms with Gasteiger partial charge in [0.1, 0.15) is 11.4 Å². The summed E-state index contributed by atoms with van der Waals surface area (Å²) in [6, 6.07) is 3.78. The van der Waals surface area contributed by atoms with Gasteiger partial charge in [-0.3, -0.25) is 9.59 Å². The fourth-order valence-electron chi connectivity index (χ4n) is 3.51. The summed E-state index contributed by atoms with van der Waals surface area (Å²) in [5, 5.41) is 2.48. The summed E-state index contributed by atoms with van der Waals surface area (Å²) in [4.78, 5) is 35.4. The minimum atomic E-state index is -5.08. The van der Waals surface area contributed by atoms with Crippen LogP contribution in [0.4, 0.5) is 22.0 Å². The zero-order chi connectivity index (χ0) is 26.0. The average Bonchev–Trinajstić information content (AvgIpc) is 3.64. The highest BCUT2D eigenvalue weighted by molar-refractivity contribution is 5.92. The van der Waals surface area contributed by atoms with Crippen LogP contribution < -0.4 is 15.6 Å². The van der Waals surface area contributed by atoms with Crippen LogP contribution in [0.1, 0.15) is 46.4 Å². The van der Waals surface area contributed by atoms with Gasteiger partial charge in [-0.25, -0.2) is 18.7 Å². The van der Waals surface area contributed by atoms with Crippen LogP contribution in [0.25, 0.3) is 11.5 Å². The van der Waals surface area contributed by atoms with Crippen LogP contribution in [-0.4, -0.2) is 40.9 Å². The lowest BCUT2D eigenvalue weighted by Crippen LogP contribution is -2.33. The van der Waals surface area contributed by atoms with E-state index in [1.54, 1.807) is 0 Å². The van der Waals surface area contributed by atoms with Gasteiger partial charge in [0.05, 0.1) is 12.6 Å². The molecule has 1 unspecified atom stereocenters. The maximum absolute atomic E-state index is 14.6. The Kier molecular flexibility index (Phi) is 7.02. The monoisotopic (exact) mass is 510 g/mol. The molecule has 0 bridgehead atoms. The topological polar surface area (TPSA) is 106 Å². The number of nitrogens with one attached hydrogen (secondary N) is 2. The summed E-state index contributed by atoms with van der Waals surface area (Å²) in [7, 11) is 1.29. The summed E-state index contributed by atoms with van der Waals surface area (Å²) in [5.41, 5.74) is -0.596. The van der Waals surface area contributed by atoms with E-state index in [1.165, 1.54) is 19.4 Å². The number of carbonyl (C=O) groups excluding carboxylic acids is 1. The van der Waals surface area contributed by atoms with Gasteiger partial charge >= 0.3 is 6.36 Å². The van der Waals surface area contributed by atoms with E-state index >= 15 is 0 Å². The lowest BCUT2D eigenvalue weighted by molar-refractivity contribution is -0.275. The third-order valence-electron chi connectivity index (χ3n) is 5.33. The highest BCUT2D eigenvalue weighted by Gasteiger charge is 2.32. The molecule has 3 aromatic rings. The highest BCUT2D eigenvalue weighted by atomic mass is 19.4. The summed E-state index contributed by atoms with van der Waals surface area (Å²) in [6.45, 7) is -0.195. The fourth-order valence-corrected chi connectivity index (χ4v) is 3.51. The number of hydrogen-bond donors (Lipinski definition) is 2. The van der Waals surface area contributed by atoms with Crippen LogP contribution in [-0.2, 0) is 4.74 Å². The molecule has 1 aromatic carbocycles. The van der Waals surface area contributed by atoms with Crippen molar-refractivity contribution in [2.75, 3.05) is 13.7 Å². The summed E-state index contributed by atoms with van der Waals surface area (Å²) in [6.07, 6.45) is -1.72. The van der Waals surface area contributed by atoms with Crippen molar-refractivity contribution in [1.82, 2.24) is 20.3 Å². The predicted octanol–water partition coefficient (Wildman–Crippen LogP) is 4.00. The lowest BCUT2D eigenvalue weighted by Gasteiger charge is -2.19. The molecule has 4 rings (SSSR count). The van der Waals surface area contributed by atoms with Gasteiger partial charge in [0.15, 0.2) is 23.2 Å². The number of carbonyl (C=O) groups is 1. The Morgan fingerprint density at radius 3 is 2.56 bits per heavy atom. The van der Waals surface area contributed by atoms with Gasteiger partial charge < -0.3 is 19.8 Å². The van der Waals surface area contributed by atoms with Gasteiger partial charge in [0.2, 0.25) is 0 Å². The normalized spacial score (nSPS) is 14.4. The average molecular weight is 510 g/mol. The number of aromatic nitrogens is 3. The number of pyridine rings is 1. The van der Waals surface area contributed by atoms with Crippen LogP contribution in [0.5, 0.6) is 5.75 Å². The molecule has 1 aliphatic rings. The Balaban J connectivity index is 1.57. The number of halogens is 5. The standard InChI is InChI=1S/C23H19F5N4O4/c1-35-10-17(12-4-5-18(14(24)6-12)36-23(26,27)28)31-22(34)16-8-19(33)32-21(30-16)20-15(25)7-13(9-29-20)11-2-3-11/h4-9,11,17H,2-3,10H2,1H3,(H,31,34)(H,30,32,33). The molecule has 13 heteroatoms. The molecule has 8 nitrogen and oxygen atoms in total. The molecule has 0 spiro atoms. The molecule has 0 radical (unpaired) electrons. The van der Waals surface area contributed by atoms with Crippen molar-refractivity contribution in [2.45, 2.75) is 31.2 Å². The first-order valence-corrected chi connectivity index (χ1v) is 10.7. The van der Waals surface area contributed by atoms with Crippen molar-refractivity contribution in [3.05, 3.63) is 75.3 Å². The molecule has 2 heterocycles. The molecule has 1 fully saturated rings. The maximum atomic E-state index is 14.6. The number of benzene rings is 1. The van der Waals surface area contributed by atoms with Crippen molar-refractivity contribution in [3.8, 4) is 17.3 Å². The number of ether oxygens (including phenoxy) is 2. The Hall–Kier alpha value is -3.87. The second kappa shape index (κ2) is 10.0. The van der Waals surface area contributed by atoms with Crippen molar-refractivity contribution in [3.63, 3.8) is 0 Å². The number of methoxy groups -OCH3 is 1. The molecule has 0 saturated heterocycles. The number of nitrogens with zero attached hydrogens (tertiary/aromatic N) is 2. The van der Waals surface area contributed by atoms with Crippen molar-refractivity contribution in [2.24, 2.45) is 0 Å². The molecule has 0 aliphatic heterocycles. The number of amides is 1. The van der Waals surface area contributed by atoms with Crippen LogP contribution in [0, 0.1) is 11.6 Å². The summed E-state index contributed by atoms with van der Waals surface area (Å²) in [5.74, 6) is -3.98. The van der Waals surface area contributed by atoms with Gasteiger partial charge in [-0.1, -0.05) is 6.07 Å². The summed E-state index contributed by atoms with van der Waals surface area (Å²) >= 11 is 0.